The molecule has 14 heavy (non-hydrogen) atoms. The van der Waals surface area contributed by atoms with Crippen LogP contribution in [0.15, 0.2) is 0 Å². The Hall–Kier alpha value is -0.0800. The van der Waals surface area contributed by atoms with Crippen molar-refractivity contribution in [1.29, 1.82) is 0 Å². The molecule has 0 aromatic heterocycles. The predicted molar refractivity (Wildman–Crippen MR) is 61.9 cm³/mol. The SMILES string of the molecule is CC1CC(C(N)CCN)CC(C)(C)C1. The third kappa shape index (κ3) is 3.25. The zero-order valence-corrected chi connectivity index (χ0v) is 9.92. The van der Waals surface area contributed by atoms with Crippen molar-refractivity contribution in [2.24, 2.45) is 28.7 Å². The third-order valence-corrected chi connectivity index (χ3v) is 3.53. The fourth-order valence-electron chi connectivity index (χ4n) is 3.17. The van der Waals surface area contributed by atoms with Gasteiger partial charge in [0.15, 0.2) is 0 Å². The Morgan fingerprint density at radius 3 is 2.50 bits per heavy atom. The maximum Gasteiger partial charge on any atom is 0.00794 e. The molecule has 0 bridgehead atoms. The molecule has 3 atom stereocenters. The van der Waals surface area contributed by atoms with Gasteiger partial charge in [-0.15, -0.1) is 0 Å². The molecule has 2 heteroatoms. The van der Waals surface area contributed by atoms with E-state index < -0.39 is 0 Å². The van der Waals surface area contributed by atoms with Crippen molar-refractivity contribution in [1.82, 2.24) is 0 Å². The van der Waals surface area contributed by atoms with E-state index in [-0.39, 0.29) is 0 Å². The van der Waals surface area contributed by atoms with Gasteiger partial charge in [-0.3, -0.25) is 0 Å². The van der Waals surface area contributed by atoms with E-state index in [4.69, 9.17) is 11.5 Å². The summed E-state index contributed by atoms with van der Waals surface area (Å²) in [5.41, 5.74) is 12.2. The molecule has 0 heterocycles. The third-order valence-electron chi connectivity index (χ3n) is 3.53. The van der Waals surface area contributed by atoms with Crippen molar-refractivity contribution in [3.05, 3.63) is 0 Å². The first-order valence-electron chi connectivity index (χ1n) is 5.90. The van der Waals surface area contributed by atoms with Crippen LogP contribution in [0.3, 0.4) is 0 Å². The maximum atomic E-state index is 6.16. The minimum Gasteiger partial charge on any atom is -0.330 e. The second kappa shape index (κ2) is 4.63. The van der Waals surface area contributed by atoms with Gasteiger partial charge in [0.25, 0.3) is 0 Å². The zero-order valence-electron chi connectivity index (χ0n) is 9.92. The summed E-state index contributed by atoms with van der Waals surface area (Å²) in [6.07, 6.45) is 4.90. The summed E-state index contributed by atoms with van der Waals surface area (Å²) in [7, 11) is 0. The molecule has 3 unspecified atom stereocenters. The lowest BCUT2D eigenvalue weighted by Gasteiger charge is -2.41. The molecule has 1 saturated carbocycles. The molecule has 4 N–H and O–H groups in total. The van der Waals surface area contributed by atoms with Crippen LogP contribution in [0.1, 0.15) is 46.5 Å². The highest BCUT2D eigenvalue weighted by molar-refractivity contribution is 4.87. The van der Waals surface area contributed by atoms with Crippen molar-refractivity contribution >= 4 is 0 Å². The lowest BCUT2D eigenvalue weighted by Crippen LogP contribution is -2.39. The number of hydrogen-bond donors (Lipinski definition) is 2. The van der Waals surface area contributed by atoms with E-state index in [1.807, 2.05) is 0 Å². The molecule has 2 nitrogen and oxygen atoms in total. The normalized spacial score (nSPS) is 34.1. The van der Waals surface area contributed by atoms with Crippen LogP contribution in [0.5, 0.6) is 0 Å². The van der Waals surface area contributed by atoms with Gasteiger partial charge in [-0.05, 0) is 49.5 Å². The van der Waals surface area contributed by atoms with Gasteiger partial charge < -0.3 is 11.5 Å². The second-order valence-electron chi connectivity index (χ2n) is 5.91. The van der Waals surface area contributed by atoms with Crippen molar-refractivity contribution in [2.45, 2.75) is 52.5 Å². The first-order chi connectivity index (χ1) is 6.44. The largest absolute Gasteiger partial charge is 0.330 e. The Morgan fingerprint density at radius 1 is 1.36 bits per heavy atom. The number of hydrogen-bond acceptors (Lipinski definition) is 2. The molecular formula is C12H26N2. The summed E-state index contributed by atoms with van der Waals surface area (Å²) in [5.74, 6) is 1.52. The molecule has 1 aliphatic carbocycles. The van der Waals surface area contributed by atoms with Crippen molar-refractivity contribution in [3.63, 3.8) is 0 Å². The van der Waals surface area contributed by atoms with Crippen LogP contribution in [0.4, 0.5) is 0 Å². The van der Waals surface area contributed by atoms with E-state index in [0.29, 0.717) is 17.4 Å². The van der Waals surface area contributed by atoms with Crippen LogP contribution >= 0.6 is 0 Å². The highest BCUT2D eigenvalue weighted by Gasteiger charge is 2.34. The number of nitrogens with two attached hydrogens (primary N) is 2. The van der Waals surface area contributed by atoms with Crippen molar-refractivity contribution < 1.29 is 0 Å². The van der Waals surface area contributed by atoms with Gasteiger partial charge in [0.05, 0.1) is 0 Å². The predicted octanol–water partition coefficient (Wildman–Crippen LogP) is 2.12. The first-order valence-corrected chi connectivity index (χ1v) is 5.90. The maximum absolute atomic E-state index is 6.16. The summed E-state index contributed by atoms with van der Waals surface area (Å²) in [6.45, 7) is 7.81. The van der Waals surface area contributed by atoms with Crippen LogP contribution in [-0.2, 0) is 0 Å². The van der Waals surface area contributed by atoms with Gasteiger partial charge >= 0.3 is 0 Å². The van der Waals surface area contributed by atoms with Gasteiger partial charge in [-0.1, -0.05) is 20.8 Å². The van der Waals surface area contributed by atoms with E-state index >= 15 is 0 Å². The van der Waals surface area contributed by atoms with Crippen LogP contribution in [0, 0.1) is 17.3 Å². The molecule has 0 aromatic carbocycles. The Bertz CT molecular complexity index is 177. The molecule has 0 amide bonds. The minimum absolute atomic E-state index is 0.321. The van der Waals surface area contributed by atoms with Crippen LogP contribution < -0.4 is 11.5 Å². The smallest absolute Gasteiger partial charge is 0.00794 e. The molecular weight excluding hydrogens is 172 g/mol. The van der Waals surface area contributed by atoms with E-state index in [1.165, 1.54) is 19.3 Å². The summed E-state index contributed by atoms with van der Waals surface area (Å²) in [4.78, 5) is 0. The molecule has 0 radical (unpaired) electrons. The summed E-state index contributed by atoms with van der Waals surface area (Å²) >= 11 is 0. The van der Waals surface area contributed by atoms with E-state index in [2.05, 4.69) is 20.8 Å². The van der Waals surface area contributed by atoms with E-state index in [1.54, 1.807) is 0 Å². The molecule has 1 rings (SSSR count). The average Bonchev–Trinajstić information content (AvgIpc) is 2.00. The first kappa shape index (κ1) is 12.0. The Kier molecular flexibility index (Phi) is 3.96. The molecule has 0 aromatic rings. The van der Waals surface area contributed by atoms with Crippen LogP contribution in [0.25, 0.3) is 0 Å². The van der Waals surface area contributed by atoms with Crippen molar-refractivity contribution in [2.75, 3.05) is 6.54 Å². The fourth-order valence-corrected chi connectivity index (χ4v) is 3.17. The molecule has 1 aliphatic rings. The van der Waals surface area contributed by atoms with Crippen LogP contribution in [-0.4, -0.2) is 12.6 Å². The summed E-state index contributed by atoms with van der Waals surface area (Å²) < 4.78 is 0. The van der Waals surface area contributed by atoms with Crippen molar-refractivity contribution in [3.8, 4) is 0 Å². The Balaban J connectivity index is 2.53. The molecule has 1 fully saturated rings. The van der Waals surface area contributed by atoms with E-state index in [9.17, 15) is 0 Å². The molecule has 84 valence electrons. The standard InChI is InChI=1S/C12H26N2/c1-9-6-10(11(14)4-5-13)8-12(2,3)7-9/h9-11H,4-8,13-14H2,1-3H3. The molecule has 0 spiro atoms. The summed E-state index contributed by atoms with van der Waals surface area (Å²) in [6, 6.07) is 0.321. The van der Waals surface area contributed by atoms with Gasteiger partial charge in [0.1, 0.15) is 0 Å². The second-order valence-corrected chi connectivity index (χ2v) is 5.91. The average molecular weight is 198 g/mol. The minimum atomic E-state index is 0.321. The van der Waals surface area contributed by atoms with Crippen LogP contribution in [0.2, 0.25) is 0 Å². The Labute approximate surface area is 88.4 Å². The highest BCUT2D eigenvalue weighted by Crippen LogP contribution is 2.42. The van der Waals surface area contributed by atoms with E-state index in [0.717, 1.165) is 18.9 Å². The van der Waals surface area contributed by atoms with Gasteiger partial charge in [-0.2, -0.15) is 0 Å². The lowest BCUT2D eigenvalue weighted by atomic mass is 9.66. The monoisotopic (exact) mass is 198 g/mol. The highest BCUT2D eigenvalue weighted by atomic mass is 14.7. The topological polar surface area (TPSA) is 52.0 Å². The Morgan fingerprint density at radius 2 is 2.00 bits per heavy atom. The van der Waals surface area contributed by atoms with Gasteiger partial charge in [0, 0.05) is 6.04 Å². The zero-order chi connectivity index (χ0) is 10.8. The summed E-state index contributed by atoms with van der Waals surface area (Å²) in [5, 5.41) is 0. The van der Waals surface area contributed by atoms with Gasteiger partial charge in [-0.25, -0.2) is 0 Å². The lowest BCUT2D eigenvalue weighted by molar-refractivity contribution is 0.115. The molecule has 0 aliphatic heterocycles. The number of rotatable bonds is 3. The quantitative estimate of drug-likeness (QED) is 0.730. The molecule has 0 saturated heterocycles. The fraction of sp³-hybridized carbons (Fsp3) is 1.00. The van der Waals surface area contributed by atoms with Gasteiger partial charge in [0.2, 0.25) is 0 Å².